The highest BCUT2D eigenvalue weighted by Crippen LogP contribution is 2.07. The van der Waals surface area contributed by atoms with Crippen LogP contribution in [0, 0.1) is 0 Å². The van der Waals surface area contributed by atoms with Crippen LogP contribution in [-0.2, 0) is 0 Å². The Balaban J connectivity index is 0.00000256. The predicted octanol–water partition coefficient (Wildman–Crippen LogP) is 0.851. The van der Waals surface area contributed by atoms with Gasteiger partial charge in [-0.15, -0.1) is 12.4 Å². The molecule has 1 aromatic heterocycles. The molecule has 0 aromatic carbocycles. The van der Waals surface area contributed by atoms with E-state index < -0.39 is 0 Å². The molecule has 7 heteroatoms. The van der Waals surface area contributed by atoms with Gasteiger partial charge in [0.2, 0.25) is 0 Å². The number of amides is 1. The van der Waals surface area contributed by atoms with Crippen LogP contribution in [0.3, 0.4) is 0 Å². The molecule has 5 nitrogen and oxygen atoms in total. The number of H-pyrrole nitrogens is 1. The van der Waals surface area contributed by atoms with Crippen LogP contribution in [-0.4, -0.2) is 43.0 Å². The maximum Gasteiger partial charge on any atom is 0.262 e. The van der Waals surface area contributed by atoms with E-state index in [2.05, 4.69) is 26.2 Å². The van der Waals surface area contributed by atoms with E-state index in [-0.39, 0.29) is 23.9 Å². The zero-order chi connectivity index (χ0) is 12.1. The highest BCUT2D eigenvalue weighted by molar-refractivity contribution is 9.10. The molecule has 0 saturated heterocycles. The summed E-state index contributed by atoms with van der Waals surface area (Å²) in [4.78, 5) is 27.1. The van der Waals surface area contributed by atoms with E-state index in [9.17, 15) is 9.59 Å². The van der Waals surface area contributed by atoms with E-state index in [1.165, 1.54) is 12.3 Å². The normalized spacial score (nSPS) is 9.59. The smallest absolute Gasteiger partial charge is 0.262 e. The van der Waals surface area contributed by atoms with Gasteiger partial charge in [0.05, 0.1) is 10.0 Å². The number of pyridine rings is 1. The third-order valence-electron chi connectivity index (χ3n) is 2.15. The predicted molar refractivity (Wildman–Crippen MR) is 72.9 cm³/mol. The molecule has 1 rings (SSSR count). The number of aromatic nitrogens is 1. The fourth-order valence-corrected chi connectivity index (χ4v) is 1.54. The summed E-state index contributed by atoms with van der Waals surface area (Å²) in [5.41, 5.74) is 0.222. The van der Waals surface area contributed by atoms with Crippen molar-refractivity contribution in [2.24, 2.45) is 0 Å². The van der Waals surface area contributed by atoms with Crippen LogP contribution in [0.5, 0.6) is 0 Å². The molecule has 1 aromatic rings. The van der Waals surface area contributed by atoms with Gasteiger partial charge in [-0.3, -0.25) is 9.59 Å². The summed E-state index contributed by atoms with van der Waals surface area (Å²) < 4.78 is 0.361. The van der Waals surface area contributed by atoms with Crippen LogP contribution in [0.1, 0.15) is 10.4 Å². The van der Waals surface area contributed by atoms with Crippen molar-refractivity contribution in [3.63, 3.8) is 0 Å². The molecule has 0 bridgehead atoms. The van der Waals surface area contributed by atoms with E-state index >= 15 is 0 Å². The molecule has 17 heavy (non-hydrogen) atoms. The summed E-state index contributed by atoms with van der Waals surface area (Å²) >= 11 is 3.09. The minimum atomic E-state index is -0.241. The largest absolute Gasteiger partial charge is 0.340 e. The van der Waals surface area contributed by atoms with Gasteiger partial charge in [-0.05, 0) is 29.0 Å². The van der Waals surface area contributed by atoms with Gasteiger partial charge in [0.25, 0.3) is 11.5 Å². The molecule has 0 spiro atoms. The number of likely N-dealkylation sites (N-methyl/N-ethyl adjacent to an activating group) is 2. The maximum absolute atomic E-state index is 11.9. The molecule has 0 fully saturated rings. The van der Waals surface area contributed by atoms with Crippen molar-refractivity contribution in [2.75, 3.05) is 27.2 Å². The van der Waals surface area contributed by atoms with Gasteiger partial charge in [-0.1, -0.05) is 0 Å². The summed E-state index contributed by atoms with van der Waals surface area (Å²) in [5.74, 6) is -0.118. The molecule has 0 aliphatic heterocycles. The molecule has 96 valence electrons. The molecule has 0 radical (unpaired) electrons. The molecule has 2 N–H and O–H groups in total. The lowest BCUT2D eigenvalue weighted by molar-refractivity contribution is 0.0796. The third-order valence-corrected chi connectivity index (χ3v) is 2.74. The second-order valence-corrected chi connectivity index (χ2v) is 4.25. The van der Waals surface area contributed by atoms with Gasteiger partial charge in [-0.25, -0.2) is 0 Å². The monoisotopic (exact) mass is 323 g/mol. The Morgan fingerprint density at radius 1 is 1.59 bits per heavy atom. The number of rotatable bonds is 4. The molecule has 0 atom stereocenters. The third kappa shape index (κ3) is 4.49. The summed E-state index contributed by atoms with van der Waals surface area (Å²) in [6.45, 7) is 1.35. The van der Waals surface area contributed by atoms with Crippen molar-refractivity contribution >= 4 is 34.2 Å². The minimum absolute atomic E-state index is 0. The molecular formula is C10H15BrClN3O2. The number of hydrogen-bond donors (Lipinski definition) is 2. The summed E-state index contributed by atoms with van der Waals surface area (Å²) in [7, 11) is 3.55. The maximum atomic E-state index is 11.9. The quantitative estimate of drug-likeness (QED) is 0.863. The molecule has 1 heterocycles. The fourth-order valence-electron chi connectivity index (χ4n) is 1.18. The van der Waals surface area contributed by atoms with E-state index in [1.54, 1.807) is 11.9 Å². The van der Waals surface area contributed by atoms with Crippen molar-refractivity contribution in [1.82, 2.24) is 15.2 Å². The second-order valence-electron chi connectivity index (χ2n) is 3.40. The van der Waals surface area contributed by atoms with Crippen LogP contribution in [0.4, 0.5) is 0 Å². The van der Waals surface area contributed by atoms with Gasteiger partial charge in [0.1, 0.15) is 0 Å². The summed E-state index contributed by atoms with van der Waals surface area (Å²) in [5, 5.41) is 2.96. The molecule has 0 unspecified atom stereocenters. The average molecular weight is 325 g/mol. The van der Waals surface area contributed by atoms with Gasteiger partial charge < -0.3 is 15.2 Å². The SMILES string of the molecule is CNCCN(C)C(=O)c1c[nH]c(=O)c(Br)c1.Cl. The number of carbonyl (C=O) groups excluding carboxylic acids is 1. The number of aromatic amines is 1. The standard InChI is InChI=1S/C10H14BrN3O2.ClH/c1-12-3-4-14(2)10(16)7-5-8(11)9(15)13-6-7;/h5-6,12H,3-4H2,1-2H3,(H,13,15);1H. The highest BCUT2D eigenvalue weighted by Gasteiger charge is 2.12. The summed E-state index contributed by atoms with van der Waals surface area (Å²) in [6, 6.07) is 1.52. The first-order valence-corrected chi connectivity index (χ1v) is 5.64. The van der Waals surface area contributed by atoms with Gasteiger partial charge >= 0.3 is 0 Å². The number of nitrogens with zero attached hydrogens (tertiary/aromatic N) is 1. The van der Waals surface area contributed by atoms with Crippen LogP contribution in [0.15, 0.2) is 21.5 Å². The van der Waals surface area contributed by atoms with E-state index in [4.69, 9.17) is 0 Å². The van der Waals surface area contributed by atoms with E-state index in [0.29, 0.717) is 16.6 Å². The summed E-state index contributed by atoms with van der Waals surface area (Å²) in [6.07, 6.45) is 1.42. The molecular weight excluding hydrogens is 309 g/mol. The first-order valence-electron chi connectivity index (χ1n) is 4.84. The molecule has 0 saturated carbocycles. The van der Waals surface area contributed by atoms with Gasteiger partial charge in [-0.2, -0.15) is 0 Å². The number of hydrogen-bond acceptors (Lipinski definition) is 3. The van der Waals surface area contributed by atoms with E-state index in [1.807, 2.05) is 7.05 Å². The number of halogens is 2. The Kier molecular flexibility index (Phi) is 7.10. The number of carbonyl (C=O) groups is 1. The molecule has 0 aliphatic rings. The zero-order valence-electron chi connectivity index (χ0n) is 9.62. The lowest BCUT2D eigenvalue weighted by atomic mass is 10.2. The zero-order valence-corrected chi connectivity index (χ0v) is 12.0. The molecule has 0 aliphatic carbocycles. The second kappa shape index (κ2) is 7.47. The Hall–Kier alpha value is -0.850. The Bertz CT molecular complexity index is 436. The van der Waals surface area contributed by atoms with Crippen LogP contribution in [0.2, 0.25) is 0 Å². The Labute approximate surface area is 114 Å². The van der Waals surface area contributed by atoms with Crippen molar-refractivity contribution < 1.29 is 4.79 Å². The Morgan fingerprint density at radius 2 is 2.24 bits per heavy atom. The van der Waals surface area contributed by atoms with Gasteiger partial charge in [0.15, 0.2) is 0 Å². The van der Waals surface area contributed by atoms with Gasteiger partial charge in [0, 0.05) is 26.3 Å². The first kappa shape index (κ1) is 16.1. The minimum Gasteiger partial charge on any atom is -0.340 e. The van der Waals surface area contributed by atoms with Crippen LogP contribution >= 0.6 is 28.3 Å². The fraction of sp³-hybridized carbons (Fsp3) is 0.400. The van der Waals surface area contributed by atoms with Crippen molar-refractivity contribution in [3.8, 4) is 0 Å². The van der Waals surface area contributed by atoms with Crippen LogP contribution < -0.4 is 10.9 Å². The van der Waals surface area contributed by atoms with Crippen LogP contribution in [0.25, 0.3) is 0 Å². The first-order chi connectivity index (χ1) is 7.56. The Morgan fingerprint density at radius 3 is 2.76 bits per heavy atom. The average Bonchev–Trinajstić information content (AvgIpc) is 2.28. The van der Waals surface area contributed by atoms with Crippen molar-refractivity contribution in [2.45, 2.75) is 0 Å². The van der Waals surface area contributed by atoms with Crippen molar-refractivity contribution in [1.29, 1.82) is 0 Å². The van der Waals surface area contributed by atoms with Crippen molar-refractivity contribution in [3.05, 3.63) is 32.7 Å². The lowest BCUT2D eigenvalue weighted by Gasteiger charge is -2.16. The molecule has 1 amide bonds. The van der Waals surface area contributed by atoms with E-state index in [0.717, 1.165) is 6.54 Å². The highest BCUT2D eigenvalue weighted by atomic mass is 79.9. The lowest BCUT2D eigenvalue weighted by Crippen LogP contribution is -2.33. The topological polar surface area (TPSA) is 65.2 Å². The number of nitrogens with one attached hydrogen (secondary N) is 2.